The first-order valence-electron chi connectivity index (χ1n) is 17.3. The number of aliphatic hydroxyl groups excluding tert-OH is 2. The molecule has 0 aromatic carbocycles. The number of carbonyl (C=O) groups excluding carboxylic acids is 3. The minimum absolute atomic E-state index is 0.136. The number of fused-ring (bicyclic) bond motifs is 5. The van der Waals surface area contributed by atoms with Crippen molar-refractivity contribution in [3.63, 3.8) is 0 Å². The Morgan fingerprint density at radius 3 is 2.11 bits per heavy atom. The van der Waals surface area contributed by atoms with Gasteiger partial charge in [-0.3, -0.25) is 14.4 Å². The van der Waals surface area contributed by atoms with E-state index in [9.17, 15) is 34.8 Å². The lowest BCUT2D eigenvalue weighted by atomic mass is 9.59. The van der Waals surface area contributed by atoms with E-state index >= 15 is 0 Å². The van der Waals surface area contributed by atoms with Crippen LogP contribution in [0.25, 0.3) is 0 Å². The second-order valence-corrected chi connectivity index (χ2v) is 14.6. The van der Waals surface area contributed by atoms with E-state index in [0.717, 1.165) is 25.7 Å². The highest BCUT2D eigenvalue weighted by molar-refractivity contribution is 6.04. The Labute approximate surface area is 268 Å². The van der Waals surface area contributed by atoms with Crippen LogP contribution in [0.1, 0.15) is 118 Å². The molecule has 4 aliphatic rings. The van der Waals surface area contributed by atoms with Crippen molar-refractivity contribution in [2.45, 2.75) is 141 Å². The summed E-state index contributed by atoms with van der Waals surface area (Å²) in [6.45, 7) is 7.89. The number of unbranched alkanes of at least 4 members (excludes halogenated alkanes) is 10. The fraction of sp³-hybridized carbons (Fsp3) is 0.806. The first-order chi connectivity index (χ1) is 21.2. The van der Waals surface area contributed by atoms with Crippen molar-refractivity contribution in [1.29, 1.82) is 0 Å². The number of carbonyl (C=O) groups is 3. The van der Waals surface area contributed by atoms with Gasteiger partial charge < -0.3 is 29.9 Å². The summed E-state index contributed by atoms with van der Waals surface area (Å²) in [6, 6.07) is 0. The highest BCUT2D eigenvalue weighted by atomic mass is 16.6. The van der Waals surface area contributed by atoms with E-state index in [1.165, 1.54) is 51.9 Å². The Balaban J connectivity index is 1.45. The largest absolute Gasteiger partial charge is 0.465 e. The summed E-state index contributed by atoms with van der Waals surface area (Å²) < 4.78 is 11.7. The maximum Gasteiger partial charge on any atom is 0.305 e. The van der Waals surface area contributed by atoms with E-state index in [-0.39, 0.29) is 25.4 Å². The standard InChI is InChI=1S/C36H56O9/c1-6-7-8-9-10-11-12-13-14-15-16-17-29(39)44-22-33(5)30-27-19-26(21-37)20-34(42)28(18-23(2)31(34)40)35(27,43)24(3)32(41)36(30,33)45-25(4)38/h18-19,24,27-28,30,32,37,41-43H,6-17,20-22H2,1-5H3/t24-,27+,28-,30-,32-,33?,34-,35-,36-/m1/s1. The molecule has 0 aromatic rings. The number of Topliss-reactive ketones (excluding diaryl/α,β-unsaturated/α-hetero) is 1. The first-order valence-corrected chi connectivity index (χ1v) is 17.3. The van der Waals surface area contributed by atoms with E-state index in [4.69, 9.17) is 9.47 Å². The van der Waals surface area contributed by atoms with Crippen molar-refractivity contribution >= 4 is 17.7 Å². The zero-order valence-electron chi connectivity index (χ0n) is 28.0. The predicted molar refractivity (Wildman–Crippen MR) is 169 cm³/mol. The Bertz CT molecular complexity index is 1180. The molecule has 4 N–H and O–H groups in total. The minimum Gasteiger partial charge on any atom is -0.465 e. The number of aliphatic hydroxyl groups is 4. The second kappa shape index (κ2) is 14.0. The van der Waals surface area contributed by atoms with Crippen molar-refractivity contribution < 1.29 is 44.3 Å². The summed E-state index contributed by atoms with van der Waals surface area (Å²) in [6.07, 6.45) is 14.8. The molecular formula is C36H56O9. The van der Waals surface area contributed by atoms with Gasteiger partial charge in [-0.25, -0.2) is 0 Å². The van der Waals surface area contributed by atoms with E-state index in [0.29, 0.717) is 11.1 Å². The first kappa shape index (κ1) is 35.8. The molecule has 4 rings (SSSR count). The van der Waals surface area contributed by atoms with Crippen LogP contribution >= 0.6 is 0 Å². The molecule has 2 saturated carbocycles. The Morgan fingerprint density at radius 1 is 0.978 bits per heavy atom. The average molecular weight is 633 g/mol. The summed E-state index contributed by atoms with van der Waals surface area (Å²) in [5.41, 5.74) is -5.64. The van der Waals surface area contributed by atoms with Crippen LogP contribution in [-0.2, 0) is 23.9 Å². The van der Waals surface area contributed by atoms with Crippen LogP contribution in [0.4, 0.5) is 0 Å². The molecule has 9 heteroatoms. The molecule has 0 heterocycles. The number of rotatable bonds is 16. The highest BCUT2D eigenvalue weighted by Gasteiger charge is 2.88. The molecule has 0 spiro atoms. The molecule has 45 heavy (non-hydrogen) atoms. The van der Waals surface area contributed by atoms with E-state index in [1.54, 1.807) is 32.9 Å². The monoisotopic (exact) mass is 632 g/mol. The maximum atomic E-state index is 13.2. The van der Waals surface area contributed by atoms with Crippen molar-refractivity contribution in [1.82, 2.24) is 0 Å². The number of ketones is 1. The summed E-state index contributed by atoms with van der Waals surface area (Å²) in [4.78, 5) is 38.5. The molecule has 1 unspecified atom stereocenters. The smallest absolute Gasteiger partial charge is 0.305 e. The van der Waals surface area contributed by atoms with Crippen molar-refractivity contribution in [3.8, 4) is 0 Å². The molecule has 4 aliphatic carbocycles. The van der Waals surface area contributed by atoms with Gasteiger partial charge in [-0.1, -0.05) is 97.1 Å². The van der Waals surface area contributed by atoms with Gasteiger partial charge in [-0.15, -0.1) is 0 Å². The molecule has 0 aromatic heterocycles. The number of hydrogen-bond acceptors (Lipinski definition) is 9. The summed E-state index contributed by atoms with van der Waals surface area (Å²) in [7, 11) is 0. The van der Waals surface area contributed by atoms with Gasteiger partial charge in [0.25, 0.3) is 0 Å². The van der Waals surface area contributed by atoms with Crippen LogP contribution in [0.3, 0.4) is 0 Å². The predicted octanol–water partition coefficient (Wildman–Crippen LogP) is 4.73. The SMILES string of the molecule is CCCCCCCCCCCCCC(=O)OCC1(C)[C@H]2[C@@H]3C=C(CO)C[C@]4(O)C(=O)C(C)=C[C@H]4[C@@]3(O)[C@H](C)[C@@H](O)[C@]21OC(C)=O. The average Bonchev–Trinajstić information content (AvgIpc) is 3.47. The van der Waals surface area contributed by atoms with Crippen LogP contribution in [0.15, 0.2) is 23.3 Å². The fourth-order valence-electron chi connectivity index (χ4n) is 9.15. The molecular weight excluding hydrogens is 576 g/mol. The lowest BCUT2D eigenvalue weighted by molar-refractivity contribution is -0.219. The van der Waals surface area contributed by atoms with E-state index < -0.39 is 70.4 Å². The van der Waals surface area contributed by atoms with Gasteiger partial charge in [0.2, 0.25) is 0 Å². The Kier molecular flexibility index (Phi) is 11.1. The third-order valence-electron chi connectivity index (χ3n) is 11.6. The van der Waals surface area contributed by atoms with Crippen LogP contribution in [-0.4, -0.2) is 74.3 Å². The van der Waals surface area contributed by atoms with Gasteiger partial charge in [-0.05, 0) is 24.5 Å². The van der Waals surface area contributed by atoms with Crippen molar-refractivity contribution in [2.75, 3.05) is 13.2 Å². The molecule has 0 saturated heterocycles. The van der Waals surface area contributed by atoms with Gasteiger partial charge in [0.05, 0.1) is 17.6 Å². The molecule has 2 fully saturated rings. The van der Waals surface area contributed by atoms with Crippen LogP contribution < -0.4 is 0 Å². The third kappa shape index (κ3) is 6.19. The summed E-state index contributed by atoms with van der Waals surface area (Å²) >= 11 is 0. The molecule has 0 radical (unpaired) electrons. The Morgan fingerprint density at radius 2 is 1.56 bits per heavy atom. The zero-order valence-corrected chi connectivity index (χ0v) is 28.0. The third-order valence-corrected chi connectivity index (χ3v) is 11.6. The lowest BCUT2D eigenvalue weighted by Crippen LogP contribution is -2.65. The molecule has 254 valence electrons. The van der Waals surface area contributed by atoms with Crippen LogP contribution in [0.5, 0.6) is 0 Å². The lowest BCUT2D eigenvalue weighted by Gasteiger charge is -2.52. The van der Waals surface area contributed by atoms with Gasteiger partial charge in [0, 0.05) is 43.4 Å². The number of ether oxygens (including phenoxy) is 2. The normalized spacial score (nSPS) is 38.3. The fourth-order valence-corrected chi connectivity index (χ4v) is 9.15. The van der Waals surface area contributed by atoms with Gasteiger partial charge in [-0.2, -0.15) is 0 Å². The quantitative estimate of drug-likeness (QED) is 0.108. The number of esters is 2. The minimum atomic E-state index is -1.98. The van der Waals surface area contributed by atoms with E-state index in [1.807, 2.05) is 0 Å². The zero-order chi connectivity index (χ0) is 33.2. The summed E-state index contributed by atoms with van der Waals surface area (Å²) in [5.74, 6) is -5.03. The van der Waals surface area contributed by atoms with E-state index in [2.05, 4.69) is 6.92 Å². The second-order valence-electron chi connectivity index (χ2n) is 14.6. The van der Waals surface area contributed by atoms with Gasteiger partial charge in [0.1, 0.15) is 18.3 Å². The molecule has 0 aliphatic heterocycles. The molecule has 9 atom stereocenters. The maximum absolute atomic E-state index is 13.2. The Hall–Kier alpha value is -2.07. The van der Waals surface area contributed by atoms with Gasteiger partial charge >= 0.3 is 11.9 Å². The topological polar surface area (TPSA) is 151 Å². The van der Waals surface area contributed by atoms with Crippen molar-refractivity contribution in [2.24, 2.45) is 29.1 Å². The summed E-state index contributed by atoms with van der Waals surface area (Å²) in [5, 5.41) is 46.3. The van der Waals surface area contributed by atoms with Crippen LogP contribution in [0.2, 0.25) is 0 Å². The molecule has 9 nitrogen and oxygen atoms in total. The van der Waals surface area contributed by atoms with Crippen LogP contribution in [0, 0.1) is 29.1 Å². The number of hydrogen-bond donors (Lipinski definition) is 4. The van der Waals surface area contributed by atoms with Crippen molar-refractivity contribution in [3.05, 3.63) is 23.3 Å². The molecule has 0 amide bonds. The molecule has 0 bridgehead atoms. The van der Waals surface area contributed by atoms with Gasteiger partial charge in [0.15, 0.2) is 11.4 Å². The highest BCUT2D eigenvalue weighted by Crippen LogP contribution is 2.76.